The highest BCUT2D eigenvalue weighted by atomic mass is 19.1. The fourth-order valence-electron chi connectivity index (χ4n) is 2.03. The first-order valence-corrected chi connectivity index (χ1v) is 6.53. The molecule has 0 saturated heterocycles. The summed E-state index contributed by atoms with van der Waals surface area (Å²) in [5.74, 6) is 0.807. The van der Waals surface area contributed by atoms with Gasteiger partial charge in [-0.2, -0.15) is 0 Å². The van der Waals surface area contributed by atoms with Crippen LogP contribution in [0.4, 0.5) is 4.39 Å². The van der Waals surface area contributed by atoms with Gasteiger partial charge in [0.05, 0.1) is 0 Å². The Hall–Kier alpha value is -0.890. The van der Waals surface area contributed by atoms with Crippen LogP contribution in [0.15, 0.2) is 24.3 Å². The molecule has 2 unspecified atom stereocenters. The Labute approximate surface area is 104 Å². The van der Waals surface area contributed by atoms with Gasteiger partial charge in [0.1, 0.15) is 5.82 Å². The molecule has 17 heavy (non-hydrogen) atoms. The van der Waals surface area contributed by atoms with Crippen molar-refractivity contribution in [2.75, 3.05) is 6.54 Å². The smallest absolute Gasteiger partial charge is 0.123 e. The maximum atomic E-state index is 13.3. The molecule has 0 aliphatic heterocycles. The molecule has 96 valence electrons. The molecule has 2 atom stereocenters. The summed E-state index contributed by atoms with van der Waals surface area (Å²) in [6.45, 7) is 9.61. The van der Waals surface area contributed by atoms with E-state index in [1.807, 2.05) is 6.07 Å². The predicted molar refractivity (Wildman–Crippen MR) is 71.7 cm³/mol. The number of rotatable bonds is 6. The zero-order valence-electron chi connectivity index (χ0n) is 11.3. The van der Waals surface area contributed by atoms with Gasteiger partial charge in [-0.3, -0.25) is 0 Å². The maximum absolute atomic E-state index is 13.3. The van der Waals surface area contributed by atoms with E-state index >= 15 is 0 Å². The average molecular weight is 237 g/mol. The molecule has 1 N–H and O–H groups in total. The van der Waals surface area contributed by atoms with Crippen LogP contribution in [0.5, 0.6) is 0 Å². The monoisotopic (exact) mass is 237 g/mol. The van der Waals surface area contributed by atoms with E-state index in [0.29, 0.717) is 17.9 Å². The molecule has 0 amide bonds. The van der Waals surface area contributed by atoms with Gasteiger partial charge >= 0.3 is 0 Å². The van der Waals surface area contributed by atoms with Crippen LogP contribution in [0.1, 0.15) is 45.6 Å². The standard InChI is InChI=1S/C15H24FN/c1-5-12(4)15(10-17-11(2)3)13-7-6-8-14(16)9-13/h6-9,11-12,15,17H,5,10H2,1-4H3. The van der Waals surface area contributed by atoms with Gasteiger partial charge in [0.25, 0.3) is 0 Å². The highest BCUT2D eigenvalue weighted by Gasteiger charge is 2.18. The fraction of sp³-hybridized carbons (Fsp3) is 0.600. The van der Waals surface area contributed by atoms with Crippen LogP contribution < -0.4 is 5.32 Å². The topological polar surface area (TPSA) is 12.0 Å². The lowest BCUT2D eigenvalue weighted by Crippen LogP contribution is -2.30. The average Bonchev–Trinajstić information content (AvgIpc) is 2.28. The quantitative estimate of drug-likeness (QED) is 0.790. The minimum Gasteiger partial charge on any atom is -0.314 e. The molecule has 2 heteroatoms. The summed E-state index contributed by atoms with van der Waals surface area (Å²) in [4.78, 5) is 0. The van der Waals surface area contributed by atoms with Crippen molar-refractivity contribution in [1.82, 2.24) is 5.32 Å². The number of hydrogen-bond donors (Lipinski definition) is 1. The number of hydrogen-bond acceptors (Lipinski definition) is 1. The molecule has 0 radical (unpaired) electrons. The van der Waals surface area contributed by atoms with Crippen molar-refractivity contribution in [2.45, 2.75) is 46.1 Å². The van der Waals surface area contributed by atoms with E-state index in [9.17, 15) is 4.39 Å². The van der Waals surface area contributed by atoms with Crippen molar-refractivity contribution >= 4 is 0 Å². The van der Waals surface area contributed by atoms with Crippen molar-refractivity contribution in [3.05, 3.63) is 35.6 Å². The van der Waals surface area contributed by atoms with Gasteiger partial charge < -0.3 is 5.32 Å². The van der Waals surface area contributed by atoms with Crippen molar-refractivity contribution < 1.29 is 4.39 Å². The molecule has 0 aliphatic carbocycles. The van der Waals surface area contributed by atoms with Crippen LogP contribution in [0.25, 0.3) is 0 Å². The normalized spacial score (nSPS) is 14.9. The van der Waals surface area contributed by atoms with Crippen molar-refractivity contribution in [1.29, 1.82) is 0 Å². The maximum Gasteiger partial charge on any atom is 0.123 e. The third kappa shape index (κ3) is 4.47. The van der Waals surface area contributed by atoms with E-state index in [0.717, 1.165) is 18.5 Å². The lowest BCUT2D eigenvalue weighted by atomic mass is 9.85. The molecule has 1 aromatic rings. The van der Waals surface area contributed by atoms with Gasteiger partial charge in [-0.05, 0) is 29.5 Å². The van der Waals surface area contributed by atoms with Gasteiger partial charge in [-0.25, -0.2) is 4.39 Å². The minimum absolute atomic E-state index is 0.139. The summed E-state index contributed by atoms with van der Waals surface area (Å²) in [5.41, 5.74) is 1.10. The lowest BCUT2D eigenvalue weighted by Gasteiger charge is -2.25. The van der Waals surface area contributed by atoms with Crippen molar-refractivity contribution in [2.24, 2.45) is 5.92 Å². The van der Waals surface area contributed by atoms with Gasteiger partial charge in [0, 0.05) is 12.6 Å². The number of halogens is 1. The first-order valence-electron chi connectivity index (χ1n) is 6.53. The van der Waals surface area contributed by atoms with Crippen LogP contribution >= 0.6 is 0 Å². The fourth-order valence-corrected chi connectivity index (χ4v) is 2.03. The molecular formula is C15H24FN. The van der Waals surface area contributed by atoms with Crippen LogP contribution in [0.2, 0.25) is 0 Å². The SMILES string of the molecule is CCC(C)C(CNC(C)C)c1cccc(F)c1. The largest absolute Gasteiger partial charge is 0.314 e. The molecular weight excluding hydrogens is 213 g/mol. The molecule has 1 nitrogen and oxygen atoms in total. The summed E-state index contributed by atoms with van der Waals surface area (Å²) in [5, 5.41) is 3.46. The Morgan fingerprint density at radius 1 is 1.24 bits per heavy atom. The van der Waals surface area contributed by atoms with Gasteiger partial charge in [0.15, 0.2) is 0 Å². The Balaban J connectivity index is 2.82. The van der Waals surface area contributed by atoms with Crippen LogP contribution in [-0.2, 0) is 0 Å². The summed E-state index contributed by atoms with van der Waals surface area (Å²) >= 11 is 0. The van der Waals surface area contributed by atoms with E-state index in [1.54, 1.807) is 12.1 Å². The second-order valence-corrected chi connectivity index (χ2v) is 5.11. The van der Waals surface area contributed by atoms with Crippen LogP contribution in [0, 0.1) is 11.7 Å². The van der Waals surface area contributed by atoms with E-state index in [1.165, 1.54) is 6.07 Å². The molecule has 0 aromatic heterocycles. The third-order valence-electron chi connectivity index (χ3n) is 3.35. The molecule has 0 spiro atoms. The predicted octanol–water partition coefficient (Wildman–Crippen LogP) is 3.95. The molecule has 1 aromatic carbocycles. The molecule has 1 rings (SSSR count). The first kappa shape index (κ1) is 14.2. The van der Waals surface area contributed by atoms with Crippen LogP contribution in [-0.4, -0.2) is 12.6 Å². The number of nitrogens with one attached hydrogen (secondary N) is 1. The summed E-state index contributed by atoms with van der Waals surface area (Å²) in [6, 6.07) is 7.47. The third-order valence-corrected chi connectivity index (χ3v) is 3.35. The van der Waals surface area contributed by atoms with E-state index < -0.39 is 0 Å². The van der Waals surface area contributed by atoms with Crippen molar-refractivity contribution in [3.63, 3.8) is 0 Å². The van der Waals surface area contributed by atoms with E-state index in [2.05, 4.69) is 33.0 Å². The highest BCUT2D eigenvalue weighted by Crippen LogP contribution is 2.26. The molecule has 0 fully saturated rings. The Morgan fingerprint density at radius 3 is 2.47 bits per heavy atom. The minimum atomic E-state index is -0.139. The second kappa shape index (κ2) is 6.75. The molecule has 0 heterocycles. The zero-order valence-corrected chi connectivity index (χ0v) is 11.3. The lowest BCUT2D eigenvalue weighted by molar-refractivity contribution is 0.405. The summed E-state index contributed by atoms with van der Waals surface area (Å²) in [6.07, 6.45) is 1.11. The Bertz CT molecular complexity index is 335. The van der Waals surface area contributed by atoms with Gasteiger partial charge in [0.2, 0.25) is 0 Å². The highest BCUT2D eigenvalue weighted by molar-refractivity contribution is 5.21. The van der Waals surface area contributed by atoms with Gasteiger partial charge in [-0.15, -0.1) is 0 Å². The second-order valence-electron chi connectivity index (χ2n) is 5.11. The van der Waals surface area contributed by atoms with E-state index in [-0.39, 0.29) is 5.82 Å². The van der Waals surface area contributed by atoms with E-state index in [4.69, 9.17) is 0 Å². The Kier molecular flexibility index (Phi) is 5.63. The zero-order chi connectivity index (χ0) is 12.8. The summed E-state index contributed by atoms with van der Waals surface area (Å²) < 4.78 is 13.3. The number of benzene rings is 1. The first-order chi connectivity index (χ1) is 8.04. The van der Waals surface area contributed by atoms with Gasteiger partial charge in [-0.1, -0.05) is 46.2 Å². The summed E-state index contributed by atoms with van der Waals surface area (Å²) in [7, 11) is 0. The molecule has 0 saturated carbocycles. The molecule has 0 bridgehead atoms. The van der Waals surface area contributed by atoms with Crippen molar-refractivity contribution in [3.8, 4) is 0 Å². The molecule has 0 aliphatic rings. The Morgan fingerprint density at radius 2 is 1.94 bits per heavy atom. The van der Waals surface area contributed by atoms with Crippen LogP contribution in [0.3, 0.4) is 0 Å².